The summed E-state index contributed by atoms with van der Waals surface area (Å²) in [6.07, 6.45) is 1.50. The van der Waals surface area contributed by atoms with Crippen molar-refractivity contribution >= 4 is 11.7 Å². The summed E-state index contributed by atoms with van der Waals surface area (Å²) in [5.74, 6) is 1.40. The van der Waals surface area contributed by atoms with Crippen LogP contribution in [0, 0.1) is 5.92 Å². The van der Waals surface area contributed by atoms with Crippen molar-refractivity contribution in [2.75, 3.05) is 6.54 Å². The molecule has 1 heterocycles. The van der Waals surface area contributed by atoms with E-state index in [1.54, 1.807) is 0 Å². The molecule has 0 aliphatic carbocycles. The fraction of sp³-hybridized carbons (Fsp3) is 0.429. The van der Waals surface area contributed by atoms with Crippen molar-refractivity contribution in [3.63, 3.8) is 0 Å². The Kier molecular flexibility index (Phi) is 3.57. The Bertz CT molecular complexity index is 449. The fourth-order valence-electron chi connectivity index (χ4n) is 1.88. The first-order valence-electron chi connectivity index (χ1n) is 6.09. The van der Waals surface area contributed by atoms with Gasteiger partial charge in [0.1, 0.15) is 5.84 Å². The molecule has 90 valence electrons. The van der Waals surface area contributed by atoms with Crippen molar-refractivity contribution in [1.82, 2.24) is 5.32 Å². The van der Waals surface area contributed by atoms with E-state index in [1.807, 2.05) is 24.3 Å². The molecule has 1 N–H and O–H groups in total. The third-order valence-corrected chi connectivity index (χ3v) is 2.86. The molecule has 0 atom stereocenters. The number of fused-ring (bicyclic) bond motifs is 1. The quantitative estimate of drug-likeness (QED) is 0.849. The van der Waals surface area contributed by atoms with Gasteiger partial charge in [-0.15, -0.1) is 0 Å². The Morgan fingerprint density at radius 2 is 2.12 bits per heavy atom. The molecule has 0 spiro atoms. The van der Waals surface area contributed by atoms with E-state index in [-0.39, 0.29) is 5.91 Å². The van der Waals surface area contributed by atoms with Gasteiger partial charge in [-0.05, 0) is 17.9 Å². The minimum atomic E-state index is 0.0343. The second kappa shape index (κ2) is 5.13. The van der Waals surface area contributed by atoms with E-state index in [9.17, 15) is 4.79 Å². The lowest BCUT2D eigenvalue weighted by atomic mass is 10.00. The molecule has 0 radical (unpaired) electrons. The maximum atomic E-state index is 11.5. The van der Waals surface area contributed by atoms with E-state index in [0.717, 1.165) is 29.9 Å². The molecular weight excluding hydrogens is 212 g/mol. The summed E-state index contributed by atoms with van der Waals surface area (Å²) < 4.78 is 0. The number of amides is 1. The monoisotopic (exact) mass is 230 g/mol. The van der Waals surface area contributed by atoms with Gasteiger partial charge in [0.2, 0.25) is 5.91 Å². The van der Waals surface area contributed by atoms with Gasteiger partial charge in [0.25, 0.3) is 0 Å². The van der Waals surface area contributed by atoms with Crippen LogP contribution in [-0.2, 0) is 11.2 Å². The summed E-state index contributed by atoms with van der Waals surface area (Å²) in [7, 11) is 0. The van der Waals surface area contributed by atoms with E-state index >= 15 is 0 Å². The van der Waals surface area contributed by atoms with E-state index in [4.69, 9.17) is 0 Å². The van der Waals surface area contributed by atoms with Crippen LogP contribution in [0.25, 0.3) is 0 Å². The van der Waals surface area contributed by atoms with Crippen LogP contribution < -0.4 is 5.32 Å². The molecule has 0 saturated carbocycles. The van der Waals surface area contributed by atoms with Gasteiger partial charge in [-0.25, -0.2) is 0 Å². The predicted molar refractivity (Wildman–Crippen MR) is 69.1 cm³/mol. The Hall–Kier alpha value is -1.64. The summed E-state index contributed by atoms with van der Waals surface area (Å²) in [4.78, 5) is 16.0. The lowest BCUT2D eigenvalue weighted by Gasteiger charge is -2.18. The van der Waals surface area contributed by atoms with Crippen molar-refractivity contribution in [3.8, 4) is 0 Å². The number of benzene rings is 1. The highest BCUT2D eigenvalue weighted by atomic mass is 16.1. The van der Waals surface area contributed by atoms with Gasteiger partial charge in [0.05, 0.1) is 6.42 Å². The molecule has 1 aliphatic rings. The number of rotatable bonds is 3. The summed E-state index contributed by atoms with van der Waals surface area (Å²) >= 11 is 0. The van der Waals surface area contributed by atoms with Crippen molar-refractivity contribution in [2.45, 2.75) is 26.7 Å². The van der Waals surface area contributed by atoms with Crippen LogP contribution in [-0.4, -0.2) is 18.3 Å². The van der Waals surface area contributed by atoms with Gasteiger partial charge < -0.3 is 5.32 Å². The van der Waals surface area contributed by atoms with E-state index in [1.165, 1.54) is 0 Å². The standard InChI is InChI=1S/C14H18N2O/c1-10(2)7-8-15-14-12-6-4-3-5-11(12)9-13(17)16-14/h3-6,10H,7-9H2,1-2H3,(H,15,16,17). The van der Waals surface area contributed by atoms with Gasteiger partial charge in [0.15, 0.2) is 0 Å². The molecule has 2 rings (SSSR count). The van der Waals surface area contributed by atoms with Gasteiger partial charge >= 0.3 is 0 Å². The second-order valence-corrected chi connectivity index (χ2v) is 4.79. The number of nitrogens with one attached hydrogen (secondary N) is 1. The molecule has 17 heavy (non-hydrogen) atoms. The van der Waals surface area contributed by atoms with Crippen molar-refractivity contribution in [2.24, 2.45) is 10.9 Å². The minimum absolute atomic E-state index is 0.0343. The van der Waals surface area contributed by atoms with Gasteiger partial charge in [-0.1, -0.05) is 38.1 Å². The lowest BCUT2D eigenvalue weighted by molar-refractivity contribution is -0.119. The Labute approximate surface area is 102 Å². The topological polar surface area (TPSA) is 41.5 Å². The zero-order valence-corrected chi connectivity index (χ0v) is 10.4. The second-order valence-electron chi connectivity index (χ2n) is 4.79. The third kappa shape index (κ3) is 2.93. The van der Waals surface area contributed by atoms with Gasteiger partial charge in [-0.2, -0.15) is 0 Å². The van der Waals surface area contributed by atoms with Crippen LogP contribution in [0.1, 0.15) is 31.4 Å². The smallest absolute Gasteiger partial charge is 0.229 e. The Balaban J connectivity index is 2.20. The number of hydrogen-bond donors (Lipinski definition) is 1. The van der Waals surface area contributed by atoms with E-state index < -0.39 is 0 Å². The molecule has 1 amide bonds. The Morgan fingerprint density at radius 1 is 1.35 bits per heavy atom. The summed E-state index contributed by atoms with van der Waals surface area (Å²) in [6, 6.07) is 7.95. The van der Waals surface area contributed by atoms with Crippen LogP contribution >= 0.6 is 0 Å². The maximum Gasteiger partial charge on any atom is 0.229 e. The minimum Gasteiger partial charge on any atom is -0.310 e. The third-order valence-electron chi connectivity index (χ3n) is 2.86. The molecule has 1 aromatic carbocycles. The molecule has 3 heteroatoms. The first-order chi connectivity index (χ1) is 8.16. The molecule has 0 aromatic heterocycles. The van der Waals surface area contributed by atoms with Crippen molar-refractivity contribution in [3.05, 3.63) is 35.4 Å². The van der Waals surface area contributed by atoms with Crippen LogP contribution in [0.15, 0.2) is 29.3 Å². The highest BCUT2D eigenvalue weighted by Crippen LogP contribution is 2.14. The number of amidine groups is 1. The highest BCUT2D eigenvalue weighted by Gasteiger charge is 2.19. The first-order valence-corrected chi connectivity index (χ1v) is 6.09. The molecule has 3 nitrogen and oxygen atoms in total. The number of carbonyl (C=O) groups excluding carboxylic acids is 1. The van der Waals surface area contributed by atoms with Gasteiger partial charge in [-0.3, -0.25) is 9.79 Å². The van der Waals surface area contributed by atoms with Crippen LogP contribution in [0.5, 0.6) is 0 Å². The number of hydrogen-bond acceptors (Lipinski definition) is 2. The summed E-state index contributed by atoms with van der Waals surface area (Å²) in [5, 5.41) is 2.86. The summed E-state index contributed by atoms with van der Waals surface area (Å²) in [6.45, 7) is 5.11. The molecule has 0 bridgehead atoms. The van der Waals surface area contributed by atoms with Crippen LogP contribution in [0.3, 0.4) is 0 Å². The zero-order chi connectivity index (χ0) is 12.3. The average Bonchev–Trinajstić information content (AvgIpc) is 2.28. The largest absolute Gasteiger partial charge is 0.310 e. The number of carbonyl (C=O) groups is 1. The molecule has 0 fully saturated rings. The summed E-state index contributed by atoms with van der Waals surface area (Å²) in [5.41, 5.74) is 2.13. The number of aliphatic imine (C=N–C) groups is 1. The van der Waals surface area contributed by atoms with Crippen LogP contribution in [0.4, 0.5) is 0 Å². The molecule has 1 aliphatic heterocycles. The van der Waals surface area contributed by atoms with Gasteiger partial charge in [0, 0.05) is 12.1 Å². The normalized spacial score (nSPS) is 17.1. The van der Waals surface area contributed by atoms with Crippen LogP contribution in [0.2, 0.25) is 0 Å². The highest BCUT2D eigenvalue weighted by molar-refractivity contribution is 6.12. The molecule has 0 unspecified atom stereocenters. The first kappa shape index (κ1) is 11.8. The Morgan fingerprint density at radius 3 is 2.88 bits per heavy atom. The van der Waals surface area contributed by atoms with E-state index in [0.29, 0.717) is 12.3 Å². The lowest BCUT2D eigenvalue weighted by Crippen LogP contribution is -2.38. The predicted octanol–water partition coefficient (Wildman–Crippen LogP) is 2.15. The fourth-order valence-corrected chi connectivity index (χ4v) is 1.88. The van der Waals surface area contributed by atoms with Crippen molar-refractivity contribution in [1.29, 1.82) is 0 Å². The molecular formula is C14H18N2O. The molecule has 0 saturated heterocycles. The van der Waals surface area contributed by atoms with E-state index in [2.05, 4.69) is 24.2 Å². The SMILES string of the molecule is CC(C)CCN=C1NC(=O)Cc2ccccc21. The zero-order valence-electron chi connectivity index (χ0n) is 10.4. The molecule has 1 aromatic rings. The number of nitrogens with zero attached hydrogens (tertiary/aromatic N) is 1. The maximum absolute atomic E-state index is 11.5. The average molecular weight is 230 g/mol. The van der Waals surface area contributed by atoms with Crippen molar-refractivity contribution < 1.29 is 4.79 Å².